The Morgan fingerprint density at radius 2 is 2.33 bits per heavy atom. The van der Waals surface area contributed by atoms with Crippen LogP contribution in [0, 0.1) is 0 Å². The topological polar surface area (TPSA) is 92.4 Å². The summed E-state index contributed by atoms with van der Waals surface area (Å²) in [4.78, 5) is 0. The number of rotatable bonds is 3. The zero-order valence-corrected chi connectivity index (χ0v) is 8.12. The van der Waals surface area contributed by atoms with Gasteiger partial charge in [-0.2, -0.15) is 24.9 Å². The van der Waals surface area contributed by atoms with Crippen molar-refractivity contribution in [2.45, 2.75) is 12.0 Å². The highest BCUT2D eigenvalue weighted by Gasteiger charge is 2.32. The molecule has 0 radical (unpaired) electrons. The van der Waals surface area contributed by atoms with Crippen LogP contribution in [0.25, 0.3) is 0 Å². The molecule has 4 N–H and O–H groups in total. The third-order valence-corrected chi connectivity index (χ3v) is 3.47. The summed E-state index contributed by atoms with van der Waals surface area (Å²) in [7, 11) is -3.67. The minimum absolute atomic E-state index is 0.0127. The van der Waals surface area contributed by atoms with Crippen molar-refractivity contribution in [3.63, 3.8) is 0 Å². The Kier molecular flexibility index (Phi) is 3.00. The molecule has 0 bridgehead atoms. The number of aliphatic hydroxyl groups is 1. The van der Waals surface area contributed by atoms with E-state index in [1.54, 1.807) is 11.8 Å². The van der Waals surface area contributed by atoms with Gasteiger partial charge in [0.25, 0.3) is 10.2 Å². The first kappa shape index (κ1) is 10.3. The fraction of sp³-hybridized carbons (Fsp3) is 1.00. The maximum absolute atomic E-state index is 10.5. The van der Waals surface area contributed by atoms with E-state index >= 15 is 0 Å². The van der Waals surface area contributed by atoms with E-state index in [1.807, 2.05) is 0 Å². The summed E-state index contributed by atoms with van der Waals surface area (Å²) in [5, 5.41) is 14.4. The molecule has 1 rings (SSSR count). The number of thioether (sulfide) groups is 1. The van der Waals surface area contributed by atoms with E-state index in [0.717, 1.165) is 5.75 Å². The lowest BCUT2D eigenvalue weighted by Crippen LogP contribution is -2.45. The molecule has 1 saturated heterocycles. The molecule has 5 nitrogen and oxygen atoms in total. The summed E-state index contributed by atoms with van der Waals surface area (Å²) >= 11 is 1.61. The highest BCUT2D eigenvalue weighted by atomic mass is 32.2. The molecule has 0 aliphatic carbocycles. The van der Waals surface area contributed by atoms with Gasteiger partial charge in [-0.15, -0.1) is 0 Å². The molecular formula is C5H12N2O3S2. The summed E-state index contributed by atoms with van der Waals surface area (Å²) in [5.41, 5.74) is -0.906. The van der Waals surface area contributed by atoms with E-state index in [4.69, 9.17) is 5.14 Å². The smallest absolute Gasteiger partial charge is 0.274 e. The zero-order valence-electron chi connectivity index (χ0n) is 6.49. The molecule has 1 aliphatic heterocycles. The van der Waals surface area contributed by atoms with Crippen LogP contribution in [0.1, 0.15) is 6.42 Å². The Bertz CT molecular complexity index is 245. The zero-order chi connectivity index (χ0) is 9.24. The minimum atomic E-state index is -3.67. The van der Waals surface area contributed by atoms with Crippen molar-refractivity contribution in [2.24, 2.45) is 5.14 Å². The van der Waals surface area contributed by atoms with Gasteiger partial charge in [0, 0.05) is 12.3 Å². The van der Waals surface area contributed by atoms with Crippen LogP contribution in [0.3, 0.4) is 0 Å². The van der Waals surface area contributed by atoms with E-state index in [9.17, 15) is 13.5 Å². The lowest BCUT2D eigenvalue weighted by atomic mass is 10.1. The van der Waals surface area contributed by atoms with Gasteiger partial charge in [-0.1, -0.05) is 0 Å². The van der Waals surface area contributed by atoms with Crippen molar-refractivity contribution in [3.8, 4) is 0 Å². The van der Waals surface area contributed by atoms with Gasteiger partial charge >= 0.3 is 0 Å². The SMILES string of the molecule is NS(=O)(=O)NCC1(O)CCSC1. The lowest BCUT2D eigenvalue weighted by Gasteiger charge is -2.20. The first-order chi connectivity index (χ1) is 5.41. The van der Waals surface area contributed by atoms with E-state index < -0.39 is 15.8 Å². The molecule has 12 heavy (non-hydrogen) atoms. The van der Waals surface area contributed by atoms with Crippen LogP contribution in [0.2, 0.25) is 0 Å². The van der Waals surface area contributed by atoms with Gasteiger partial charge in [0.2, 0.25) is 0 Å². The third kappa shape index (κ3) is 3.28. The first-order valence-corrected chi connectivity index (χ1v) is 6.19. The normalized spacial score (nSPS) is 30.8. The maximum atomic E-state index is 10.5. The van der Waals surface area contributed by atoms with E-state index in [-0.39, 0.29) is 6.54 Å². The van der Waals surface area contributed by atoms with Crippen LogP contribution in [0.5, 0.6) is 0 Å². The second-order valence-electron chi connectivity index (χ2n) is 2.89. The Labute approximate surface area is 75.9 Å². The van der Waals surface area contributed by atoms with Crippen LogP contribution in [0.4, 0.5) is 0 Å². The Morgan fingerprint density at radius 1 is 1.67 bits per heavy atom. The Hall–Kier alpha value is 0.180. The van der Waals surface area contributed by atoms with Gasteiger partial charge in [0.15, 0.2) is 0 Å². The quantitative estimate of drug-likeness (QED) is 0.539. The predicted octanol–water partition coefficient (Wildman–Crippen LogP) is -1.35. The molecule has 1 heterocycles. The van der Waals surface area contributed by atoms with Crippen LogP contribution < -0.4 is 9.86 Å². The molecule has 72 valence electrons. The average molecular weight is 212 g/mol. The highest BCUT2D eigenvalue weighted by Crippen LogP contribution is 2.26. The number of nitrogens with one attached hydrogen (secondary N) is 1. The van der Waals surface area contributed by atoms with Gasteiger partial charge in [0.1, 0.15) is 0 Å². The van der Waals surface area contributed by atoms with Crippen molar-refractivity contribution >= 4 is 22.0 Å². The first-order valence-electron chi connectivity index (χ1n) is 3.49. The standard InChI is InChI=1S/C5H12N2O3S2/c6-12(9,10)7-3-5(8)1-2-11-4-5/h7-8H,1-4H2,(H2,6,9,10). The summed E-state index contributed by atoms with van der Waals surface area (Å²) < 4.78 is 23.0. The van der Waals surface area contributed by atoms with Gasteiger partial charge in [0.05, 0.1) is 5.60 Å². The molecule has 0 spiro atoms. The van der Waals surface area contributed by atoms with Gasteiger partial charge < -0.3 is 5.11 Å². The van der Waals surface area contributed by atoms with Crippen LogP contribution in [-0.2, 0) is 10.2 Å². The number of hydrogen-bond donors (Lipinski definition) is 3. The van der Waals surface area contributed by atoms with Crippen molar-refractivity contribution < 1.29 is 13.5 Å². The molecule has 7 heteroatoms. The number of hydrogen-bond acceptors (Lipinski definition) is 4. The lowest BCUT2D eigenvalue weighted by molar-refractivity contribution is 0.0734. The van der Waals surface area contributed by atoms with Crippen LogP contribution in [0.15, 0.2) is 0 Å². The summed E-state index contributed by atoms with van der Waals surface area (Å²) in [6.07, 6.45) is 0.611. The highest BCUT2D eigenvalue weighted by molar-refractivity contribution is 7.99. The summed E-state index contributed by atoms with van der Waals surface area (Å²) in [6, 6.07) is 0. The van der Waals surface area contributed by atoms with Crippen molar-refractivity contribution in [3.05, 3.63) is 0 Å². The summed E-state index contributed by atoms with van der Waals surface area (Å²) in [6.45, 7) is 0.0127. The molecule has 0 aromatic rings. The van der Waals surface area contributed by atoms with Crippen molar-refractivity contribution in [1.29, 1.82) is 0 Å². The second kappa shape index (κ2) is 3.51. The van der Waals surface area contributed by atoms with Crippen LogP contribution >= 0.6 is 11.8 Å². The maximum Gasteiger partial charge on any atom is 0.274 e. The van der Waals surface area contributed by atoms with Crippen molar-refractivity contribution in [2.75, 3.05) is 18.1 Å². The molecule has 1 aliphatic rings. The van der Waals surface area contributed by atoms with Crippen LogP contribution in [-0.4, -0.2) is 37.2 Å². The Morgan fingerprint density at radius 3 is 2.75 bits per heavy atom. The van der Waals surface area contributed by atoms with Gasteiger partial charge in [-0.3, -0.25) is 0 Å². The molecule has 1 unspecified atom stereocenters. The third-order valence-electron chi connectivity index (χ3n) is 1.68. The monoisotopic (exact) mass is 212 g/mol. The van der Waals surface area contributed by atoms with E-state index in [1.165, 1.54) is 0 Å². The number of nitrogens with two attached hydrogens (primary N) is 1. The molecule has 0 saturated carbocycles. The Balaban J connectivity index is 2.41. The van der Waals surface area contributed by atoms with Crippen molar-refractivity contribution in [1.82, 2.24) is 4.72 Å². The van der Waals surface area contributed by atoms with Gasteiger partial charge in [-0.05, 0) is 12.2 Å². The second-order valence-corrected chi connectivity index (χ2v) is 5.38. The molecule has 0 amide bonds. The van der Waals surface area contributed by atoms with E-state index in [0.29, 0.717) is 12.2 Å². The molecular weight excluding hydrogens is 200 g/mol. The molecule has 1 fully saturated rings. The molecule has 1 atom stereocenters. The summed E-state index contributed by atoms with van der Waals surface area (Å²) in [5.74, 6) is 1.43. The molecule has 0 aromatic heterocycles. The fourth-order valence-corrected chi connectivity index (χ4v) is 2.74. The van der Waals surface area contributed by atoms with E-state index in [2.05, 4.69) is 4.72 Å². The average Bonchev–Trinajstić information content (AvgIpc) is 2.32. The fourth-order valence-electron chi connectivity index (χ4n) is 0.971. The van der Waals surface area contributed by atoms with Gasteiger partial charge in [-0.25, -0.2) is 5.14 Å². The minimum Gasteiger partial charge on any atom is -0.388 e. The molecule has 0 aromatic carbocycles. The predicted molar refractivity (Wildman–Crippen MR) is 48.0 cm³/mol. The largest absolute Gasteiger partial charge is 0.388 e.